The highest BCUT2D eigenvalue weighted by Crippen LogP contribution is 2.44. The zero-order chi connectivity index (χ0) is 27.5. The number of hydrogen-bond donors (Lipinski definition) is 2. The van der Waals surface area contributed by atoms with E-state index in [9.17, 15) is 14.9 Å². The Bertz CT molecular complexity index is 1520. The van der Waals surface area contributed by atoms with Crippen LogP contribution < -0.4 is 20.3 Å². The zero-order valence-corrected chi connectivity index (χ0v) is 22.0. The van der Waals surface area contributed by atoms with Crippen molar-refractivity contribution in [2.45, 2.75) is 25.4 Å². The fraction of sp³-hybridized carbons (Fsp3) is 0.179. The first-order valence-corrected chi connectivity index (χ1v) is 12.6. The van der Waals surface area contributed by atoms with Crippen molar-refractivity contribution in [3.05, 3.63) is 101 Å². The largest absolute Gasteiger partial charge is 0.494 e. The topological polar surface area (TPSA) is 123 Å². The van der Waals surface area contributed by atoms with Crippen LogP contribution in [-0.4, -0.2) is 28.0 Å². The van der Waals surface area contributed by atoms with E-state index in [0.29, 0.717) is 40.1 Å². The Morgan fingerprint density at radius 2 is 1.97 bits per heavy atom. The third-order valence-electron chi connectivity index (χ3n) is 6.44. The normalized spacial score (nSPS) is 16.6. The Labute approximate surface area is 229 Å². The first-order valence-electron chi connectivity index (χ1n) is 12.2. The molecule has 10 nitrogen and oxygen atoms in total. The number of nitrogens with zero attached hydrogens (tertiary/aromatic N) is 3. The molecule has 2 N–H and O–H groups in total. The van der Waals surface area contributed by atoms with Gasteiger partial charge >= 0.3 is 0 Å². The van der Waals surface area contributed by atoms with E-state index in [-0.39, 0.29) is 17.6 Å². The zero-order valence-electron chi connectivity index (χ0n) is 21.2. The maximum Gasteiger partial charge on any atom is 0.269 e. The predicted octanol–water partition coefficient (Wildman–Crippen LogP) is 5.78. The number of nitro benzene ring substituents is 1. The molecule has 0 radical (unpaired) electrons. The van der Waals surface area contributed by atoms with Gasteiger partial charge in [0.25, 0.3) is 5.69 Å². The number of ether oxygens (including phenoxy) is 1. The molecule has 1 saturated heterocycles. The smallest absolute Gasteiger partial charge is 0.269 e. The van der Waals surface area contributed by atoms with Gasteiger partial charge in [-0.3, -0.25) is 19.9 Å². The van der Waals surface area contributed by atoms with Crippen molar-refractivity contribution in [1.29, 1.82) is 0 Å². The van der Waals surface area contributed by atoms with Gasteiger partial charge in [-0.2, -0.15) is 0 Å². The Morgan fingerprint density at radius 1 is 1.18 bits per heavy atom. The minimum atomic E-state index is -0.439. The summed E-state index contributed by atoms with van der Waals surface area (Å²) >= 11 is 5.79. The Hall–Kier alpha value is -4.77. The molecule has 0 unspecified atom stereocenters. The molecule has 3 heterocycles. The molecule has 1 aliphatic rings. The number of furan rings is 1. The first-order chi connectivity index (χ1) is 18.9. The van der Waals surface area contributed by atoms with Crippen molar-refractivity contribution < 1.29 is 18.9 Å². The van der Waals surface area contributed by atoms with E-state index in [0.717, 1.165) is 11.4 Å². The van der Waals surface area contributed by atoms with Crippen molar-refractivity contribution in [3.63, 3.8) is 0 Å². The highest BCUT2D eigenvalue weighted by atomic mass is 32.1. The Kier molecular flexibility index (Phi) is 7.24. The number of non-ortho nitro benzene ring substituents is 1. The van der Waals surface area contributed by atoms with Crippen LogP contribution in [0.4, 0.5) is 17.1 Å². The van der Waals surface area contributed by atoms with Gasteiger partial charge in [-0.25, -0.2) is 0 Å². The number of rotatable bonds is 8. The van der Waals surface area contributed by atoms with Gasteiger partial charge in [0.15, 0.2) is 5.11 Å². The minimum Gasteiger partial charge on any atom is -0.494 e. The SMILES string of the molecule is CCC(=O)Nc1ccc(N2C(=S)N[C@H](c3ccccn3)[C@@H]2c2ccc(-c3ccc([N+](=O)[O-])cc3)o2)cc1OC. The molecule has 0 aliphatic carbocycles. The molecule has 39 heavy (non-hydrogen) atoms. The van der Waals surface area contributed by atoms with Gasteiger partial charge in [0.1, 0.15) is 23.3 Å². The lowest BCUT2D eigenvalue weighted by Gasteiger charge is -2.27. The van der Waals surface area contributed by atoms with Gasteiger partial charge < -0.3 is 24.7 Å². The quantitative estimate of drug-likeness (QED) is 0.162. The lowest BCUT2D eigenvalue weighted by Crippen LogP contribution is -2.29. The molecule has 11 heteroatoms. The summed E-state index contributed by atoms with van der Waals surface area (Å²) in [5.74, 6) is 1.55. The standard InChI is InChI=1S/C28H25N5O5S/c1-3-25(34)30-20-12-11-19(16-24(20)37-2)32-27(26(31-28(32)39)21-6-4-5-15-29-21)23-14-13-22(38-23)17-7-9-18(10-8-17)33(35)36/h4-16,26-27H,3H2,1-2H3,(H,30,34)(H,31,39)/t26-,27+/m1/s1. The lowest BCUT2D eigenvalue weighted by molar-refractivity contribution is -0.384. The first kappa shape index (κ1) is 25.9. The van der Waals surface area contributed by atoms with E-state index in [2.05, 4.69) is 15.6 Å². The second-order valence-corrected chi connectivity index (χ2v) is 9.18. The number of nitro groups is 1. The molecule has 2 aromatic heterocycles. The van der Waals surface area contributed by atoms with Crippen LogP contribution in [0, 0.1) is 10.1 Å². The molecule has 1 fully saturated rings. The number of methoxy groups -OCH3 is 1. The maximum atomic E-state index is 12.0. The van der Waals surface area contributed by atoms with E-state index in [1.807, 2.05) is 47.4 Å². The number of carbonyl (C=O) groups excluding carboxylic acids is 1. The Balaban J connectivity index is 1.55. The average Bonchev–Trinajstić information content (AvgIpc) is 3.58. The molecule has 2 aromatic carbocycles. The van der Waals surface area contributed by atoms with Gasteiger partial charge in [0.2, 0.25) is 5.91 Å². The van der Waals surface area contributed by atoms with Crippen molar-refractivity contribution in [1.82, 2.24) is 10.3 Å². The summed E-state index contributed by atoms with van der Waals surface area (Å²) in [5, 5.41) is 17.8. The van der Waals surface area contributed by atoms with Crippen molar-refractivity contribution >= 4 is 40.3 Å². The summed E-state index contributed by atoms with van der Waals surface area (Å²) in [5.41, 5.74) is 2.78. The number of hydrogen-bond acceptors (Lipinski definition) is 7. The third-order valence-corrected chi connectivity index (χ3v) is 6.75. The number of carbonyl (C=O) groups is 1. The summed E-state index contributed by atoms with van der Waals surface area (Å²) in [6.07, 6.45) is 2.06. The van der Waals surface area contributed by atoms with Gasteiger partial charge in [-0.15, -0.1) is 0 Å². The summed E-state index contributed by atoms with van der Waals surface area (Å²) < 4.78 is 11.9. The van der Waals surface area contributed by atoms with E-state index in [1.165, 1.54) is 12.1 Å². The number of aromatic nitrogens is 1. The highest BCUT2D eigenvalue weighted by Gasteiger charge is 2.42. The molecule has 0 spiro atoms. The summed E-state index contributed by atoms with van der Waals surface area (Å²) in [4.78, 5) is 29.1. The van der Waals surface area contributed by atoms with Gasteiger partial charge in [-0.05, 0) is 60.7 Å². The summed E-state index contributed by atoms with van der Waals surface area (Å²) in [7, 11) is 1.54. The van der Waals surface area contributed by atoms with Crippen LogP contribution in [0.15, 0.2) is 83.4 Å². The highest BCUT2D eigenvalue weighted by molar-refractivity contribution is 7.80. The van der Waals surface area contributed by atoms with Gasteiger partial charge in [0, 0.05) is 42.1 Å². The van der Waals surface area contributed by atoms with E-state index < -0.39 is 11.0 Å². The van der Waals surface area contributed by atoms with E-state index in [4.69, 9.17) is 21.4 Å². The molecule has 1 amide bonds. The number of pyridine rings is 1. The van der Waals surface area contributed by atoms with Crippen LogP contribution in [0.25, 0.3) is 11.3 Å². The van der Waals surface area contributed by atoms with Gasteiger partial charge in [-0.1, -0.05) is 13.0 Å². The van der Waals surface area contributed by atoms with Crippen LogP contribution in [0.2, 0.25) is 0 Å². The maximum absolute atomic E-state index is 12.0. The Morgan fingerprint density at radius 3 is 2.64 bits per heavy atom. The molecule has 0 bridgehead atoms. The molecule has 1 aliphatic heterocycles. The number of benzene rings is 2. The van der Waals surface area contributed by atoms with Crippen LogP contribution in [0.1, 0.15) is 36.9 Å². The third kappa shape index (κ3) is 5.16. The summed E-state index contributed by atoms with van der Waals surface area (Å²) in [6.45, 7) is 1.78. The number of amides is 1. The molecule has 5 rings (SSSR count). The lowest BCUT2D eigenvalue weighted by atomic mass is 10.0. The summed E-state index contributed by atoms with van der Waals surface area (Å²) in [6, 6.07) is 20.3. The number of anilines is 2. The van der Waals surface area contributed by atoms with Crippen molar-refractivity contribution in [2.24, 2.45) is 0 Å². The predicted molar refractivity (Wildman–Crippen MR) is 151 cm³/mol. The number of thiocarbonyl (C=S) groups is 1. The number of nitrogens with one attached hydrogen (secondary N) is 2. The second-order valence-electron chi connectivity index (χ2n) is 8.79. The molecular formula is C28H25N5O5S. The van der Waals surface area contributed by atoms with Crippen molar-refractivity contribution in [3.8, 4) is 17.1 Å². The fourth-order valence-electron chi connectivity index (χ4n) is 4.51. The van der Waals surface area contributed by atoms with Crippen LogP contribution in [0.5, 0.6) is 5.75 Å². The van der Waals surface area contributed by atoms with Gasteiger partial charge in [0.05, 0.1) is 29.5 Å². The van der Waals surface area contributed by atoms with E-state index >= 15 is 0 Å². The molecule has 198 valence electrons. The molecular weight excluding hydrogens is 518 g/mol. The molecule has 2 atom stereocenters. The minimum absolute atomic E-state index is 0.00443. The van der Waals surface area contributed by atoms with Crippen LogP contribution >= 0.6 is 12.2 Å². The van der Waals surface area contributed by atoms with Crippen LogP contribution in [0.3, 0.4) is 0 Å². The molecule has 4 aromatic rings. The van der Waals surface area contributed by atoms with Crippen LogP contribution in [-0.2, 0) is 4.79 Å². The fourth-order valence-corrected chi connectivity index (χ4v) is 4.85. The molecule has 0 saturated carbocycles. The van der Waals surface area contributed by atoms with E-state index in [1.54, 1.807) is 38.4 Å². The average molecular weight is 544 g/mol. The van der Waals surface area contributed by atoms with Crippen molar-refractivity contribution in [2.75, 3.05) is 17.3 Å². The monoisotopic (exact) mass is 543 g/mol. The second kappa shape index (κ2) is 10.9.